The Morgan fingerprint density at radius 1 is 1.16 bits per heavy atom. The van der Waals surface area contributed by atoms with Crippen molar-refractivity contribution in [2.24, 2.45) is 0 Å². The maximum Gasteiger partial charge on any atom is 0.573 e. The van der Waals surface area contributed by atoms with E-state index in [0.29, 0.717) is 12.1 Å². The van der Waals surface area contributed by atoms with Crippen molar-refractivity contribution in [1.82, 2.24) is 15.5 Å². The molecule has 0 unspecified atom stereocenters. The molecule has 0 saturated carbocycles. The number of nitrogens with zero attached hydrogens (tertiary/aromatic N) is 1. The summed E-state index contributed by atoms with van der Waals surface area (Å²) in [5.74, 6) is -0.188. The van der Waals surface area contributed by atoms with Crippen LogP contribution < -0.4 is 10.1 Å². The summed E-state index contributed by atoms with van der Waals surface area (Å²) in [4.78, 5) is 0. The zero-order valence-corrected chi connectivity index (χ0v) is 9.87. The van der Waals surface area contributed by atoms with E-state index in [1.165, 1.54) is 12.1 Å². The van der Waals surface area contributed by atoms with Gasteiger partial charge in [-0.05, 0) is 12.1 Å². The number of ether oxygens (including phenoxy) is 1. The molecule has 7 heteroatoms. The fourth-order valence-electron chi connectivity index (χ4n) is 1.59. The minimum atomic E-state index is -4.68. The Morgan fingerprint density at radius 3 is 2.63 bits per heavy atom. The van der Waals surface area contributed by atoms with Crippen LogP contribution in [0.15, 0.2) is 36.5 Å². The molecule has 0 radical (unpaired) electrons. The Labute approximate surface area is 107 Å². The first-order valence-electron chi connectivity index (χ1n) is 5.57. The van der Waals surface area contributed by atoms with Gasteiger partial charge in [-0.25, -0.2) is 0 Å². The van der Waals surface area contributed by atoms with Crippen LogP contribution in [0.25, 0.3) is 0 Å². The maximum atomic E-state index is 12.2. The smallest absolute Gasteiger partial charge is 0.405 e. The lowest BCUT2D eigenvalue weighted by Gasteiger charge is -2.13. The zero-order chi connectivity index (χ0) is 13.7. The Bertz CT molecular complexity index is 511. The number of benzene rings is 1. The second-order valence-electron chi connectivity index (χ2n) is 3.84. The number of H-pyrrole nitrogens is 1. The normalized spacial score (nSPS) is 11.5. The predicted molar refractivity (Wildman–Crippen MR) is 62.3 cm³/mol. The highest BCUT2D eigenvalue weighted by atomic mass is 19.4. The number of nitrogens with one attached hydrogen (secondary N) is 2. The van der Waals surface area contributed by atoms with Gasteiger partial charge in [0.2, 0.25) is 0 Å². The largest absolute Gasteiger partial charge is 0.573 e. The second kappa shape index (κ2) is 5.75. The van der Waals surface area contributed by atoms with Crippen LogP contribution in [0, 0.1) is 0 Å². The molecule has 0 spiro atoms. The van der Waals surface area contributed by atoms with Gasteiger partial charge in [0.05, 0.1) is 0 Å². The van der Waals surface area contributed by atoms with Crippen LogP contribution in [0.4, 0.5) is 13.2 Å². The van der Waals surface area contributed by atoms with Crippen molar-refractivity contribution in [2.45, 2.75) is 19.5 Å². The van der Waals surface area contributed by atoms with Crippen molar-refractivity contribution in [2.75, 3.05) is 0 Å². The standard InChI is InChI=1S/C12H12F3N3O/c13-12(14,15)19-11-4-2-1-3-9(11)7-16-8-10-5-6-17-18-10/h1-6,16H,7-8H2,(H,17,18). The zero-order valence-electron chi connectivity index (χ0n) is 9.87. The molecule has 0 bridgehead atoms. The van der Waals surface area contributed by atoms with Crippen molar-refractivity contribution < 1.29 is 17.9 Å². The molecule has 0 fully saturated rings. The van der Waals surface area contributed by atoms with Crippen LogP contribution in [0.3, 0.4) is 0 Å². The average Bonchev–Trinajstić information content (AvgIpc) is 2.82. The number of alkyl halides is 3. The molecule has 2 rings (SSSR count). The lowest BCUT2D eigenvalue weighted by Crippen LogP contribution is -2.20. The van der Waals surface area contributed by atoms with Crippen molar-refractivity contribution in [3.05, 3.63) is 47.8 Å². The van der Waals surface area contributed by atoms with Crippen molar-refractivity contribution in [3.63, 3.8) is 0 Å². The summed E-state index contributed by atoms with van der Waals surface area (Å²) in [6, 6.07) is 7.82. The van der Waals surface area contributed by atoms with Gasteiger partial charge >= 0.3 is 6.36 Å². The molecular formula is C12H12F3N3O. The van der Waals surface area contributed by atoms with Gasteiger partial charge in [0.1, 0.15) is 5.75 Å². The minimum Gasteiger partial charge on any atom is -0.405 e. The third-order valence-electron chi connectivity index (χ3n) is 2.39. The van der Waals surface area contributed by atoms with Crippen LogP contribution in [-0.4, -0.2) is 16.6 Å². The molecule has 1 aromatic heterocycles. The summed E-state index contributed by atoms with van der Waals surface area (Å²) in [6.07, 6.45) is -3.07. The molecule has 0 aliphatic heterocycles. The summed E-state index contributed by atoms with van der Waals surface area (Å²) in [7, 11) is 0. The van der Waals surface area contributed by atoms with E-state index in [4.69, 9.17) is 0 Å². The summed E-state index contributed by atoms with van der Waals surface area (Å²) in [5.41, 5.74) is 1.30. The van der Waals surface area contributed by atoms with E-state index in [9.17, 15) is 13.2 Å². The van der Waals surface area contributed by atoms with Gasteiger partial charge in [-0.3, -0.25) is 5.10 Å². The van der Waals surface area contributed by atoms with Gasteiger partial charge < -0.3 is 10.1 Å². The molecule has 0 aliphatic carbocycles. The van der Waals surface area contributed by atoms with Crippen molar-refractivity contribution in [1.29, 1.82) is 0 Å². The Morgan fingerprint density at radius 2 is 1.95 bits per heavy atom. The summed E-state index contributed by atoms with van der Waals surface area (Å²) in [6.45, 7) is 0.756. The molecule has 1 heterocycles. The number of aromatic nitrogens is 2. The van der Waals surface area contributed by atoms with Crippen LogP contribution in [0.2, 0.25) is 0 Å². The molecule has 0 aliphatic rings. The molecule has 2 aromatic rings. The molecule has 1 aromatic carbocycles. The molecule has 19 heavy (non-hydrogen) atoms. The molecule has 2 N–H and O–H groups in total. The molecule has 4 nitrogen and oxygen atoms in total. The summed E-state index contributed by atoms with van der Waals surface area (Å²) >= 11 is 0. The van der Waals surface area contributed by atoms with Gasteiger partial charge in [-0.2, -0.15) is 5.10 Å². The van der Waals surface area contributed by atoms with Crippen LogP contribution in [0.5, 0.6) is 5.75 Å². The van der Waals surface area contributed by atoms with Gasteiger partial charge in [0.25, 0.3) is 0 Å². The Kier molecular flexibility index (Phi) is 4.06. The van der Waals surface area contributed by atoms with Crippen LogP contribution >= 0.6 is 0 Å². The third kappa shape index (κ3) is 4.29. The fraction of sp³-hybridized carbons (Fsp3) is 0.250. The molecule has 0 amide bonds. The van der Waals surface area contributed by atoms with E-state index in [1.54, 1.807) is 24.4 Å². The van der Waals surface area contributed by atoms with E-state index >= 15 is 0 Å². The number of halogens is 3. The summed E-state index contributed by atoms with van der Waals surface area (Å²) < 4.78 is 40.6. The average molecular weight is 271 g/mol. The van der Waals surface area contributed by atoms with Gasteiger partial charge in [0, 0.05) is 30.5 Å². The first kappa shape index (κ1) is 13.4. The van der Waals surface area contributed by atoms with E-state index < -0.39 is 6.36 Å². The first-order valence-corrected chi connectivity index (χ1v) is 5.57. The number of aromatic amines is 1. The van der Waals surface area contributed by atoms with E-state index in [0.717, 1.165) is 5.69 Å². The lowest BCUT2D eigenvalue weighted by atomic mass is 10.2. The monoisotopic (exact) mass is 271 g/mol. The van der Waals surface area contributed by atoms with Crippen LogP contribution in [-0.2, 0) is 13.1 Å². The van der Waals surface area contributed by atoms with Gasteiger partial charge in [0.15, 0.2) is 0 Å². The van der Waals surface area contributed by atoms with Gasteiger partial charge in [-0.1, -0.05) is 18.2 Å². The second-order valence-corrected chi connectivity index (χ2v) is 3.84. The number of hydrogen-bond donors (Lipinski definition) is 2. The van der Waals surface area contributed by atoms with Crippen molar-refractivity contribution >= 4 is 0 Å². The highest BCUT2D eigenvalue weighted by molar-refractivity contribution is 5.33. The predicted octanol–water partition coefficient (Wildman–Crippen LogP) is 2.60. The van der Waals surface area contributed by atoms with E-state index in [-0.39, 0.29) is 12.3 Å². The molecule has 102 valence electrons. The topological polar surface area (TPSA) is 49.9 Å². The Hall–Kier alpha value is -2.02. The van der Waals surface area contributed by atoms with Crippen molar-refractivity contribution in [3.8, 4) is 5.75 Å². The lowest BCUT2D eigenvalue weighted by molar-refractivity contribution is -0.274. The number of hydrogen-bond acceptors (Lipinski definition) is 3. The molecule has 0 atom stereocenters. The highest BCUT2D eigenvalue weighted by Gasteiger charge is 2.31. The van der Waals surface area contributed by atoms with Crippen LogP contribution in [0.1, 0.15) is 11.3 Å². The number of para-hydroxylation sites is 1. The molecule has 0 saturated heterocycles. The maximum absolute atomic E-state index is 12.2. The first-order chi connectivity index (χ1) is 9.04. The highest BCUT2D eigenvalue weighted by Crippen LogP contribution is 2.26. The SMILES string of the molecule is FC(F)(F)Oc1ccccc1CNCc1ccn[nH]1. The fourth-order valence-corrected chi connectivity index (χ4v) is 1.59. The quantitative estimate of drug-likeness (QED) is 0.878. The summed E-state index contributed by atoms with van der Waals surface area (Å²) in [5, 5.41) is 9.54. The Balaban J connectivity index is 1.96. The van der Waals surface area contributed by atoms with E-state index in [2.05, 4.69) is 20.3 Å². The molecular weight excluding hydrogens is 259 g/mol. The minimum absolute atomic E-state index is 0.188. The number of rotatable bonds is 5. The van der Waals surface area contributed by atoms with Gasteiger partial charge in [-0.15, -0.1) is 13.2 Å². The third-order valence-corrected chi connectivity index (χ3v) is 2.39. The van der Waals surface area contributed by atoms with E-state index in [1.807, 2.05) is 0 Å².